The number of hydrogen-bond donors (Lipinski definition) is 1. The van der Waals surface area contributed by atoms with Crippen LogP contribution in [-0.2, 0) is 14.3 Å². The van der Waals surface area contributed by atoms with Crippen LogP contribution in [0.3, 0.4) is 0 Å². The molecule has 0 bridgehead atoms. The molecule has 3 aliphatic rings. The molecule has 44 heavy (non-hydrogen) atoms. The van der Waals surface area contributed by atoms with E-state index in [2.05, 4.69) is 15.7 Å². The number of nitrogens with zero attached hydrogens (tertiary/aromatic N) is 3. The molecule has 0 aromatic heterocycles. The minimum atomic E-state index is -4.10. The number of halogens is 4. The Balaban J connectivity index is 1.28. The van der Waals surface area contributed by atoms with E-state index >= 15 is 0 Å². The Kier molecular flexibility index (Phi) is 11.9. The van der Waals surface area contributed by atoms with Gasteiger partial charge in [0.25, 0.3) is 5.91 Å². The highest BCUT2D eigenvalue weighted by Gasteiger charge is 2.47. The predicted octanol–water partition coefficient (Wildman–Crippen LogP) is 6.77. The Morgan fingerprint density at radius 1 is 1.16 bits per heavy atom. The number of amides is 2. The van der Waals surface area contributed by atoms with Gasteiger partial charge in [-0.1, -0.05) is 11.9 Å². The van der Waals surface area contributed by atoms with Gasteiger partial charge in [0.2, 0.25) is 5.91 Å². The number of amidine groups is 1. The molecule has 1 saturated carbocycles. The third kappa shape index (κ3) is 9.06. The van der Waals surface area contributed by atoms with Crippen molar-refractivity contribution >= 4 is 41.4 Å². The summed E-state index contributed by atoms with van der Waals surface area (Å²) < 4.78 is 57.6. The van der Waals surface area contributed by atoms with Crippen molar-refractivity contribution in [2.75, 3.05) is 44.4 Å². The number of rotatable bonds is 12. The third-order valence-corrected chi connectivity index (χ3v) is 9.93. The smallest absolute Gasteiger partial charge is 0.377 e. The van der Waals surface area contributed by atoms with Crippen molar-refractivity contribution in [2.24, 2.45) is 16.8 Å². The number of piperidine rings is 1. The fourth-order valence-electron chi connectivity index (χ4n) is 6.46. The molecular weight excluding hydrogens is 596 g/mol. The van der Waals surface area contributed by atoms with Crippen LogP contribution in [0.15, 0.2) is 22.5 Å². The summed E-state index contributed by atoms with van der Waals surface area (Å²) in [6, 6.07) is 3.95. The highest BCUT2D eigenvalue weighted by molar-refractivity contribution is 8.00. The lowest BCUT2D eigenvalue weighted by atomic mass is 9.79. The van der Waals surface area contributed by atoms with Crippen molar-refractivity contribution in [3.63, 3.8) is 0 Å². The molecule has 0 radical (unpaired) electrons. The second-order valence-electron chi connectivity index (χ2n) is 12.2. The SMILES string of the molecule is CC(=O)N(CCOCCF)c1cc(C)c(/C=C/SN2CCC3(CC2)N=C(C2CCC(CCC(F)(F)F)CC2)NC3=O)c(C)c1. The van der Waals surface area contributed by atoms with Gasteiger partial charge in [-0.25, -0.2) is 8.70 Å². The zero-order valence-corrected chi connectivity index (χ0v) is 26.7. The summed E-state index contributed by atoms with van der Waals surface area (Å²) in [7, 11) is 0. The fraction of sp³-hybridized carbons (Fsp3) is 0.656. The number of aryl methyl sites for hydroxylation is 2. The van der Waals surface area contributed by atoms with E-state index in [0.29, 0.717) is 32.5 Å². The van der Waals surface area contributed by atoms with E-state index in [1.807, 2.05) is 31.4 Å². The highest BCUT2D eigenvalue weighted by atomic mass is 32.2. The number of aliphatic imine (C=N–C) groups is 1. The van der Waals surface area contributed by atoms with Crippen LogP contribution in [0.2, 0.25) is 0 Å². The first kappa shape index (κ1) is 34.4. The molecule has 0 atom stereocenters. The molecule has 7 nitrogen and oxygen atoms in total. The lowest BCUT2D eigenvalue weighted by Gasteiger charge is -2.34. The standard InChI is InChI=1S/C32H44F4N4O3S/c1-22-20-27(40(24(3)41)16-18-43-17-13-33)21-23(2)28(22)9-19-44-39-14-11-31(12-15-39)30(42)37-29(38-31)26-6-4-25(5-7-26)8-10-32(34,35)36/h9,19-21,25-26H,4-8,10-18H2,1-3H3,(H,37,38,42)/b19-9+. The summed E-state index contributed by atoms with van der Waals surface area (Å²) in [6.07, 6.45) is 1.68. The molecule has 1 aliphatic carbocycles. The van der Waals surface area contributed by atoms with Crippen LogP contribution in [-0.4, -0.2) is 73.2 Å². The minimum Gasteiger partial charge on any atom is -0.377 e. The van der Waals surface area contributed by atoms with Crippen LogP contribution < -0.4 is 10.2 Å². The first-order valence-corrected chi connectivity index (χ1v) is 16.3. The molecule has 1 aromatic rings. The molecule has 0 unspecified atom stereocenters. The summed E-state index contributed by atoms with van der Waals surface area (Å²) in [5.74, 6) is 0.787. The second-order valence-corrected chi connectivity index (χ2v) is 13.2. The van der Waals surface area contributed by atoms with Gasteiger partial charge in [-0.05, 0) is 105 Å². The number of hydrogen-bond acceptors (Lipinski definition) is 6. The van der Waals surface area contributed by atoms with Crippen molar-refractivity contribution in [3.8, 4) is 0 Å². The maximum atomic E-state index is 13.0. The van der Waals surface area contributed by atoms with E-state index < -0.39 is 24.8 Å². The van der Waals surface area contributed by atoms with Gasteiger partial charge in [-0.2, -0.15) is 13.2 Å². The van der Waals surface area contributed by atoms with Gasteiger partial charge in [0.15, 0.2) is 0 Å². The second kappa shape index (κ2) is 15.2. The number of nitrogens with one attached hydrogen (secondary N) is 1. The number of alkyl halides is 4. The monoisotopic (exact) mass is 640 g/mol. The van der Waals surface area contributed by atoms with E-state index in [1.54, 1.807) is 16.8 Å². The number of carbonyl (C=O) groups excluding carboxylic acids is 2. The summed E-state index contributed by atoms with van der Waals surface area (Å²) in [5, 5.41) is 5.07. The van der Waals surface area contributed by atoms with Crippen LogP contribution in [0.5, 0.6) is 0 Å². The van der Waals surface area contributed by atoms with Gasteiger partial charge in [-0.3, -0.25) is 14.6 Å². The Morgan fingerprint density at radius 3 is 2.41 bits per heavy atom. The number of carbonyl (C=O) groups is 2. The number of anilines is 1. The normalized spacial score (nSPS) is 22.4. The van der Waals surface area contributed by atoms with Crippen LogP contribution in [0, 0.1) is 25.7 Å². The van der Waals surface area contributed by atoms with Crippen molar-refractivity contribution in [3.05, 3.63) is 34.2 Å². The summed E-state index contributed by atoms with van der Waals surface area (Å²) in [4.78, 5) is 31.8. The summed E-state index contributed by atoms with van der Waals surface area (Å²) in [6.45, 7) is 7.01. The van der Waals surface area contributed by atoms with Gasteiger partial charge in [-0.15, -0.1) is 0 Å². The maximum Gasteiger partial charge on any atom is 0.389 e. The largest absolute Gasteiger partial charge is 0.389 e. The number of benzene rings is 1. The topological polar surface area (TPSA) is 74.2 Å². The van der Waals surface area contributed by atoms with E-state index in [0.717, 1.165) is 53.9 Å². The van der Waals surface area contributed by atoms with Crippen molar-refractivity contribution in [1.82, 2.24) is 9.62 Å². The van der Waals surface area contributed by atoms with Gasteiger partial charge in [0.1, 0.15) is 18.0 Å². The van der Waals surface area contributed by atoms with E-state index in [1.165, 1.54) is 6.92 Å². The van der Waals surface area contributed by atoms with Gasteiger partial charge in [0.05, 0.1) is 13.2 Å². The molecule has 1 N–H and O–H groups in total. The third-order valence-electron chi connectivity index (χ3n) is 9.01. The Morgan fingerprint density at radius 2 is 1.82 bits per heavy atom. The molecule has 2 amide bonds. The van der Waals surface area contributed by atoms with Crippen LogP contribution in [0.25, 0.3) is 6.08 Å². The van der Waals surface area contributed by atoms with Gasteiger partial charge < -0.3 is 15.0 Å². The zero-order chi connectivity index (χ0) is 31.9. The quantitative estimate of drug-likeness (QED) is 0.155. The first-order valence-electron chi connectivity index (χ1n) is 15.5. The predicted molar refractivity (Wildman–Crippen MR) is 167 cm³/mol. The van der Waals surface area contributed by atoms with Crippen molar-refractivity contribution in [1.29, 1.82) is 0 Å². The average Bonchev–Trinajstić information content (AvgIpc) is 3.29. The zero-order valence-electron chi connectivity index (χ0n) is 25.9. The van der Waals surface area contributed by atoms with Gasteiger partial charge >= 0.3 is 6.18 Å². The maximum absolute atomic E-state index is 13.0. The first-order chi connectivity index (χ1) is 20.9. The molecule has 12 heteroatoms. The molecule has 1 spiro atoms. The van der Waals surface area contributed by atoms with E-state index in [9.17, 15) is 27.2 Å². The van der Waals surface area contributed by atoms with Crippen LogP contribution >= 0.6 is 11.9 Å². The molecule has 244 valence electrons. The Bertz CT molecular complexity index is 1200. The van der Waals surface area contributed by atoms with Gasteiger partial charge in [0, 0.05) is 44.6 Å². The molecule has 4 rings (SSSR count). The van der Waals surface area contributed by atoms with Crippen molar-refractivity contribution in [2.45, 2.75) is 83.9 Å². The van der Waals surface area contributed by atoms with Crippen LogP contribution in [0.4, 0.5) is 23.2 Å². The molecular formula is C32H44F4N4O3S. The number of ether oxygens (including phenoxy) is 1. The fourth-order valence-corrected chi connectivity index (χ4v) is 7.23. The van der Waals surface area contributed by atoms with Crippen LogP contribution in [0.1, 0.15) is 75.0 Å². The van der Waals surface area contributed by atoms with Crippen molar-refractivity contribution < 1.29 is 31.9 Å². The molecule has 1 saturated heterocycles. The Hall–Kier alpha value is -2.44. The minimum absolute atomic E-state index is 0.0186. The molecule has 2 aliphatic heterocycles. The lowest BCUT2D eigenvalue weighted by Crippen LogP contribution is -2.47. The van der Waals surface area contributed by atoms with E-state index in [-0.39, 0.29) is 43.3 Å². The highest BCUT2D eigenvalue weighted by Crippen LogP contribution is 2.39. The lowest BCUT2D eigenvalue weighted by molar-refractivity contribution is -0.138. The average molecular weight is 641 g/mol. The Labute approximate surface area is 262 Å². The summed E-state index contributed by atoms with van der Waals surface area (Å²) >= 11 is 1.60. The molecule has 2 fully saturated rings. The molecule has 2 heterocycles. The van der Waals surface area contributed by atoms with E-state index in [4.69, 9.17) is 9.73 Å². The molecule has 1 aromatic carbocycles. The summed E-state index contributed by atoms with van der Waals surface area (Å²) in [5.41, 5.74) is 3.18.